The van der Waals surface area contributed by atoms with Crippen LogP contribution in [0.25, 0.3) is 0 Å². The van der Waals surface area contributed by atoms with Crippen molar-refractivity contribution in [2.75, 3.05) is 23.3 Å². The first kappa shape index (κ1) is 24.0. The summed E-state index contributed by atoms with van der Waals surface area (Å²) < 4.78 is 33.0. The van der Waals surface area contributed by atoms with E-state index in [-0.39, 0.29) is 27.7 Å². The summed E-state index contributed by atoms with van der Waals surface area (Å²) in [6.07, 6.45) is 0. The second kappa shape index (κ2) is 9.88. The lowest BCUT2D eigenvalue weighted by molar-refractivity contribution is -0.384. The normalized spacial score (nSPS) is 11.0. The van der Waals surface area contributed by atoms with Gasteiger partial charge in [0, 0.05) is 17.2 Å². The first-order chi connectivity index (χ1) is 15.6. The van der Waals surface area contributed by atoms with E-state index >= 15 is 0 Å². The highest BCUT2D eigenvalue weighted by Gasteiger charge is 2.29. The van der Waals surface area contributed by atoms with Crippen LogP contribution in [-0.4, -0.2) is 32.9 Å². The third-order valence-corrected chi connectivity index (χ3v) is 6.98. The number of hydrogen-bond donors (Lipinski definition) is 1. The summed E-state index contributed by atoms with van der Waals surface area (Å²) in [6, 6.07) is 16.1. The maximum Gasteiger partial charge on any atom is 0.271 e. The van der Waals surface area contributed by atoms with Crippen LogP contribution in [-0.2, 0) is 14.8 Å². The third-order valence-electron chi connectivity index (χ3n) is 4.79. The predicted octanol–water partition coefficient (Wildman–Crippen LogP) is 4.40. The van der Waals surface area contributed by atoms with Crippen LogP contribution in [0, 0.1) is 17.0 Å². The van der Waals surface area contributed by atoms with Gasteiger partial charge >= 0.3 is 0 Å². The molecule has 0 unspecified atom stereocenters. The average molecular weight is 490 g/mol. The molecule has 3 aromatic carbocycles. The molecule has 0 aliphatic rings. The number of sulfonamides is 1. The molecule has 0 bridgehead atoms. The summed E-state index contributed by atoms with van der Waals surface area (Å²) in [4.78, 5) is 23.4. The number of carbonyl (C=O) groups is 1. The van der Waals surface area contributed by atoms with Crippen molar-refractivity contribution in [1.82, 2.24) is 0 Å². The summed E-state index contributed by atoms with van der Waals surface area (Å²) in [6.45, 7) is 1.04. The Bertz CT molecular complexity index is 1300. The Balaban J connectivity index is 2.01. The van der Waals surface area contributed by atoms with Crippen molar-refractivity contribution in [3.8, 4) is 5.75 Å². The van der Waals surface area contributed by atoms with Crippen LogP contribution >= 0.6 is 11.6 Å². The van der Waals surface area contributed by atoms with E-state index in [1.54, 1.807) is 43.3 Å². The van der Waals surface area contributed by atoms with Crippen molar-refractivity contribution in [2.24, 2.45) is 0 Å². The molecule has 3 aromatic rings. The van der Waals surface area contributed by atoms with Crippen molar-refractivity contribution in [1.29, 1.82) is 0 Å². The summed E-state index contributed by atoms with van der Waals surface area (Å²) in [5, 5.41) is 14.0. The van der Waals surface area contributed by atoms with Gasteiger partial charge in [-0.05, 0) is 42.8 Å². The van der Waals surface area contributed by atoms with Gasteiger partial charge in [-0.25, -0.2) is 8.42 Å². The maximum absolute atomic E-state index is 13.4. The highest BCUT2D eigenvalue weighted by molar-refractivity contribution is 7.92. The smallest absolute Gasteiger partial charge is 0.271 e. The van der Waals surface area contributed by atoms with E-state index in [0.717, 1.165) is 10.4 Å². The highest BCUT2D eigenvalue weighted by atomic mass is 35.5. The van der Waals surface area contributed by atoms with Gasteiger partial charge in [-0.3, -0.25) is 19.2 Å². The van der Waals surface area contributed by atoms with Crippen molar-refractivity contribution in [2.45, 2.75) is 11.8 Å². The van der Waals surface area contributed by atoms with Gasteiger partial charge in [0.25, 0.3) is 15.7 Å². The number of benzene rings is 3. The molecule has 0 aliphatic carbocycles. The predicted molar refractivity (Wildman–Crippen MR) is 125 cm³/mol. The van der Waals surface area contributed by atoms with Crippen LogP contribution in [0.2, 0.25) is 5.02 Å². The first-order valence-electron chi connectivity index (χ1n) is 9.60. The van der Waals surface area contributed by atoms with E-state index in [0.29, 0.717) is 10.6 Å². The fourth-order valence-corrected chi connectivity index (χ4v) is 4.78. The number of amides is 1. The minimum atomic E-state index is -4.14. The Kier molecular flexibility index (Phi) is 7.19. The van der Waals surface area contributed by atoms with Gasteiger partial charge in [0.05, 0.1) is 28.3 Å². The Labute approximate surface area is 195 Å². The zero-order valence-electron chi connectivity index (χ0n) is 17.7. The molecular weight excluding hydrogens is 470 g/mol. The van der Waals surface area contributed by atoms with Crippen molar-refractivity contribution >= 4 is 44.6 Å². The minimum Gasteiger partial charge on any atom is -0.495 e. The number of ether oxygens (including phenoxy) is 1. The molecule has 0 saturated carbocycles. The van der Waals surface area contributed by atoms with Crippen molar-refractivity contribution in [3.05, 3.63) is 87.4 Å². The molecule has 1 amide bonds. The minimum absolute atomic E-state index is 0.00916. The van der Waals surface area contributed by atoms with E-state index in [2.05, 4.69) is 5.32 Å². The number of methoxy groups -OCH3 is 1. The quantitative estimate of drug-likeness (QED) is 0.370. The zero-order valence-corrected chi connectivity index (χ0v) is 19.3. The van der Waals surface area contributed by atoms with Crippen LogP contribution in [0.15, 0.2) is 71.6 Å². The van der Waals surface area contributed by atoms with Gasteiger partial charge in [-0.1, -0.05) is 35.9 Å². The Morgan fingerprint density at radius 3 is 2.45 bits per heavy atom. The fourth-order valence-electron chi connectivity index (χ4n) is 3.11. The van der Waals surface area contributed by atoms with Gasteiger partial charge in [0.15, 0.2) is 0 Å². The molecular formula is C22H20ClN3O6S. The molecule has 172 valence electrons. The topological polar surface area (TPSA) is 119 Å². The number of nitrogens with zero attached hydrogens (tertiary/aromatic N) is 2. The molecule has 0 spiro atoms. The van der Waals surface area contributed by atoms with Crippen LogP contribution < -0.4 is 14.4 Å². The number of nitro groups is 1. The largest absolute Gasteiger partial charge is 0.495 e. The molecule has 3 rings (SSSR count). The number of hydrogen-bond acceptors (Lipinski definition) is 6. The number of rotatable bonds is 8. The van der Waals surface area contributed by atoms with E-state index in [9.17, 15) is 23.3 Å². The lowest BCUT2D eigenvalue weighted by atomic mass is 10.2. The average Bonchev–Trinajstić information content (AvgIpc) is 2.80. The lowest BCUT2D eigenvalue weighted by Gasteiger charge is -2.26. The Hall–Kier alpha value is -3.63. The van der Waals surface area contributed by atoms with Crippen LogP contribution in [0.3, 0.4) is 0 Å². The molecule has 33 heavy (non-hydrogen) atoms. The van der Waals surface area contributed by atoms with E-state index in [1.807, 2.05) is 0 Å². The number of anilines is 2. The summed E-state index contributed by atoms with van der Waals surface area (Å²) in [5.74, 6) is -0.543. The van der Waals surface area contributed by atoms with Gasteiger partial charge in [0.1, 0.15) is 12.3 Å². The second-order valence-electron chi connectivity index (χ2n) is 6.90. The SMILES string of the molecule is COc1ccc([N+](=O)[O-])cc1NC(=O)CN(c1cccc(Cl)c1C)S(=O)(=O)c1ccccc1. The third kappa shape index (κ3) is 5.24. The lowest BCUT2D eigenvalue weighted by Crippen LogP contribution is -2.38. The van der Waals surface area contributed by atoms with Crippen LogP contribution in [0.1, 0.15) is 5.56 Å². The fraction of sp³-hybridized carbons (Fsp3) is 0.136. The monoisotopic (exact) mass is 489 g/mol. The molecule has 11 heteroatoms. The van der Waals surface area contributed by atoms with Gasteiger partial charge < -0.3 is 10.1 Å². The highest BCUT2D eigenvalue weighted by Crippen LogP contribution is 2.32. The van der Waals surface area contributed by atoms with Crippen molar-refractivity contribution in [3.63, 3.8) is 0 Å². The summed E-state index contributed by atoms with van der Waals surface area (Å²) in [7, 11) is -2.80. The number of halogens is 1. The number of carbonyl (C=O) groups excluding carboxylic acids is 1. The summed E-state index contributed by atoms with van der Waals surface area (Å²) >= 11 is 6.20. The Morgan fingerprint density at radius 2 is 1.82 bits per heavy atom. The maximum atomic E-state index is 13.4. The molecule has 0 atom stereocenters. The standard InChI is InChI=1S/C22H20ClN3O6S/c1-15-18(23)9-6-10-20(15)25(33(30,31)17-7-4-3-5-8-17)14-22(27)24-19-13-16(26(28)29)11-12-21(19)32-2/h3-13H,14H2,1-2H3,(H,24,27). The van der Waals surface area contributed by atoms with E-state index < -0.39 is 27.4 Å². The summed E-state index contributed by atoms with van der Waals surface area (Å²) in [5.41, 5.74) is 0.481. The second-order valence-corrected chi connectivity index (χ2v) is 9.17. The van der Waals surface area contributed by atoms with E-state index in [1.165, 1.54) is 31.4 Å². The number of nitrogens with one attached hydrogen (secondary N) is 1. The van der Waals surface area contributed by atoms with Gasteiger partial charge in [-0.15, -0.1) is 0 Å². The molecule has 1 N–H and O–H groups in total. The Morgan fingerprint density at radius 1 is 1.12 bits per heavy atom. The number of nitro benzene ring substituents is 1. The molecule has 0 fully saturated rings. The molecule has 0 aliphatic heterocycles. The van der Waals surface area contributed by atoms with Gasteiger partial charge in [0.2, 0.25) is 5.91 Å². The molecule has 9 nitrogen and oxygen atoms in total. The molecule has 0 saturated heterocycles. The first-order valence-corrected chi connectivity index (χ1v) is 11.4. The number of non-ortho nitro benzene ring substituents is 1. The van der Waals surface area contributed by atoms with Crippen LogP contribution in [0.5, 0.6) is 5.75 Å². The van der Waals surface area contributed by atoms with Gasteiger partial charge in [-0.2, -0.15) is 0 Å². The molecule has 0 heterocycles. The van der Waals surface area contributed by atoms with E-state index in [4.69, 9.17) is 16.3 Å². The molecule has 0 aromatic heterocycles. The van der Waals surface area contributed by atoms with Crippen LogP contribution in [0.4, 0.5) is 17.1 Å². The van der Waals surface area contributed by atoms with Crippen molar-refractivity contribution < 1.29 is 22.9 Å². The zero-order chi connectivity index (χ0) is 24.2. The molecule has 0 radical (unpaired) electrons.